The number of benzene rings is 2. The summed E-state index contributed by atoms with van der Waals surface area (Å²) >= 11 is 6.33. The van der Waals surface area contributed by atoms with Crippen molar-refractivity contribution < 1.29 is 9.50 Å². The van der Waals surface area contributed by atoms with Crippen molar-refractivity contribution in [3.8, 4) is 17.2 Å². The van der Waals surface area contributed by atoms with Gasteiger partial charge in [-0.2, -0.15) is 5.26 Å². The summed E-state index contributed by atoms with van der Waals surface area (Å²) in [5.41, 5.74) is 11.5. The van der Waals surface area contributed by atoms with Gasteiger partial charge in [0.15, 0.2) is 0 Å². The lowest BCUT2D eigenvalue weighted by Gasteiger charge is -2.20. The molecule has 0 bridgehead atoms. The van der Waals surface area contributed by atoms with Crippen LogP contribution >= 0.6 is 11.6 Å². The lowest BCUT2D eigenvalue weighted by atomic mass is 9.87. The molecule has 1 aliphatic carbocycles. The summed E-state index contributed by atoms with van der Waals surface area (Å²) in [5, 5.41) is 24.6. The Kier molecular flexibility index (Phi) is 11.7. The predicted octanol–water partition coefficient (Wildman–Crippen LogP) is 4.86. The number of halogens is 2. The number of rotatable bonds is 9. The predicted molar refractivity (Wildman–Crippen MR) is 143 cm³/mol. The van der Waals surface area contributed by atoms with Gasteiger partial charge in [-0.15, -0.1) is 0 Å². The monoisotopic (exact) mass is 496 g/mol. The van der Waals surface area contributed by atoms with Gasteiger partial charge in [0.2, 0.25) is 0 Å². The molecule has 5 nitrogen and oxygen atoms in total. The first-order valence-electron chi connectivity index (χ1n) is 11.9. The summed E-state index contributed by atoms with van der Waals surface area (Å²) in [6, 6.07) is 12.4. The Balaban J connectivity index is 0.00000210. The van der Waals surface area contributed by atoms with Crippen molar-refractivity contribution in [1.29, 1.82) is 5.26 Å². The number of aliphatic hydroxyl groups excluding tert-OH is 1. The first kappa shape index (κ1) is 28.3. The maximum atomic E-state index is 14.5. The molecule has 7 heteroatoms. The van der Waals surface area contributed by atoms with Crippen molar-refractivity contribution in [2.75, 3.05) is 26.7 Å². The molecule has 2 aromatic rings. The van der Waals surface area contributed by atoms with Crippen molar-refractivity contribution in [3.05, 3.63) is 87.9 Å². The first-order chi connectivity index (χ1) is 17.0. The molecule has 1 atom stereocenters. The third-order valence-electron chi connectivity index (χ3n) is 5.53. The average molecular weight is 497 g/mol. The Morgan fingerprint density at radius 1 is 1.17 bits per heavy atom. The number of aryl methyl sites for hydroxylation is 1. The molecule has 1 unspecified atom stereocenters. The molecule has 186 valence electrons. The fourth-order valence-corrected chi connectivity index (χ4v) is 3.96. The van der Waals surface area contributed by atoms with E-state index < -0.39 is 5.82 Å². The van der Waals surface area contributed by atoms with E-state index >= 15 is 0 Å². The molecular formula is C28H34ClFN4O. The van der Waals surface area contributed by atoms with Gasteiger partial charge >= 0.3 is 0 Å². The van der Waals surface area contributed by atoms with Crippen molar-refractivity contribution in [1.82, 2.24) is 10.6 Å². The number of allylic oxidation sites excluding steroid dienone is 2. The molecule has 2 aromatic carbocycles. The Morgan fingerprint density at radius 3 is 2.60 bits per heavy atom. The van der Waals surface area contributed by atoms with Gasteiger partial charge in [0.25, 0.3) is 0 Å². The molecule has 5 N–H and O–H groups in total. The lowest BCUT2D eigenvalue weighted by Crippen LogP contribution is -2.24. The van der Waals surface area contributed by atoms with Gasteiger partial charge in [-0.1, -0.05) is 61.9 Å². The van der Waals surface area contributed by atoms with Crippen LogP contribution in [-0.4, -0.2) is 37.9 Å². The minimum Gasteiger partial charge on any atom is -0.395 e. The minimum absolute atomic E-state index is 0.0141. The van der Waals surface area contributed by atoms with Crippen LogP contribution in [0, 0.1) is 17.1 Å². The fourth-order valence-electron chi connectivity index (χ4n) is 3.78. The van der Waals surface area contributed by atoms with Crippen LogP contribution < -0.4 is 16.4 Å². The van der Waals surface area contributed by atoms with E-state index in [1.54, 1.807) is 13.1 Å². The maximum Gasteiger partial charge on any atom is 0.141 e. The molecule has 0 aromatic heterocycles. The van der Waals surface area contributed by atoms with Gasteiger partial charge in [0.1, 0.15) is 17.0 Å². The van der Waals surface area contributed by atoms with Crippen molar-refractivity contribution in [3.63, 3.8) is 0 Å². The molecule has 0 saturated heterocycles. The number of aliphatic hydroxyl groups is 1. The van der Waals surface area contributed by atoms with Crippen LogP contribution in [-0.2, 0) is 6.42 Å². The van der Waals surface area contributed by atoms with Gasteiger partial charge in [-0.25, -0.2) is 4.39 Å². The summed E-state index contributed by atoms with van der Waals surface area (Å²) < 4.78 is 14.5. The second kappa shape index (κ2) is 14.4. The van der Waals surface area contributed by atoms with Crippen LogP contribution in [0.1, 0.15) is 37.0 Å². The smallest absolute Gasteiger partial charge is 0.141 e. The molecule has 0 aliphatic heterocycles. The number of nitriles is 1. The van der Waals surface area contributed by atoms with E-state index in [-0.39, 0.29) is 18.2 Å². The van der Waals surface area contributed by atoms with Gasteiger partial charge < -0.3 is 21.5 Å². The average Bonchev–Trinajstić information content (AvgIpc) is 2.89. The second-order valence-electron chi connectivity index (χ2n) is 7.77. The molecule has 3 rings (SSSR count). The van der Waals surface area contributed by atoms with Gasteiger partial charge in [-0.3, -0.25) is 0 Å². The molecule has 1 aliphatic rings. The van der Waals surface area contributed by atoms with Crippen molar-refractivity contribution >= 4 is 17.2 Å². The number of nitrogens with one attached hydrogen (secondary N) is 2. The zero-order chi connectivity index (χ0) is 25.8. The Hall–Kier alpha value is -2.95. The topological polar surface area (TPSA) is 94.1 Å². The molecule has 35 heavy (non-hydrogen) atoms. The Morgan fingerprint density at radius 2 is 1.94 bits per heavy atom. The van der Waals surface area contributed by atoms with Crippen LogP contribution in [0.15, 0.2) is 65.4 Å². The minimum atomic E-state index is -0.548. The zero-order valence-corrected chi connectivity index (χ0v) is 21.3. The molecule has 0 saturated carbocycles. The van der Waals surface area contributed by atoms with Crippen LogP contribution in [0.25, 0.3) is 16.7 Å². The summed E-state index contributed by atoms with van der Waals surface area (Å²) in [7, 11) is 1.74. The molecule has 0 fully saturated rings. The first-order valence-corrected chi connectivity index (χ1v) is 12.2. The Bertz CT molecular complexity index is 1130. The van der Waals surface area contributed by atoms with Gasteiger partial charge in [0.05, 0.1) is 18.2 Å². The van der Waals surface area contributed by atoms with E-state index in [1.165, 1.54) is 12.1 Å². The Labute approximate surface area is 212 Å². The van der Waals surface area contributed by atoms with Crippen LogP contribution in [0.3, 0.4) is 0 Å². The van der Waals surface area contributed by atoms with E-state index in [0.717, 1.165) is 47.2 Å². The molecular weight excluding hydrogens is 463 g/mol. The number of hydrogen-bond acceptors (Lipinski definition) is 5. The number of nitrogens with two attached hydrogens (primary N) is 1. The van der Waals surface area contributed by atoms with E-state index in [4.69, 9.17) is 27.7 Å². The molecule has 0 heterocycles. The highest BCUT2D eigenvalue weighted by Gasteiger charge is 2.18. The quantitative estimate of drug-likeness (QED) is 0.294. The molecule has 0 spiro atoms. The van der Waals surface area contributed by atoms with Crippen molar-refractivity contribution in [2.45, 2.75) is 32.7 Å². The fraction of sp³-hybridized carbons (Fsp3) is 0.321. The van der Waals surface area contributed by atoms with E-state index in [2.05, 4.69) is 22.8 Å². The molecule has 0 radical (unpaired) electrons. The largest absolute Gasteiger partial charge is 0.395 e. The maximum absolute atomic E-state index is 14.5. The lowest BCUT2D eigenvalue weighted by molar-refractivity contribution is 0.292. The summed E-state index contributed by atoms with van der Waals surface area (Å²) in [5.74, 6) is -0.548. The third-order valence-corrected chi connectivity index (χ3v) is 5.94. The van der Waals surface area contributed by atoms with E-state index in [0.29, 0.717) is 17.3 Å². The molecule has 0 amide bonds. The summed E-state index contributed by atoms with van der Waals surface area (Å²) in [4.78, 5) is 0. The number of hydrogen-bond donors (Lipinski definition) is 4. The van der Waals surface area contributed by atoms with E-state index in [9.17, 15) is 4.39 Å². The van der Waals surface area contributed by atoms with Gasteiger partial charge in [-0.05, 0) is 65.4 Å². The van der Waals surface area contributed by atoms with Crippen LogP contribution in [0.5, 0.6) is 0 Å². The number of nitrogens with zero attached hydrogens (tertiary/aromatic N) is 1. The normalized spacial score (nSPS) is 16.1. The van der Waals surface area contributed by atoms with Crippen LogP contribution in [0.2, 0.25) is 0 Å². The highest BCUT2D eigenvalue weighted by molar-refractivity contribution is 6.30. The third kappa shape index (κ3) is 7.51. The highest BCUT2D eigenvalue weighted by atomic mass is 35.5. The summed E-state index contributed by atoms with van der Waals surface area (Å²) in [6.07, 6.45) is 7.52. The highest BCUT2D eigenvalue weighted by Crippen LogP contribution is 2.35. The zero-order valence-electron chi connectivity index (χ0n) is 20.5. The van der Waals surface area contributed by atoms with Crippen molar-refractivity contribution in [2.24, 2.45) is 5.73 Å². The second-order valence-corrected chi connectivity index (χ2v) is 8.15. The summed E-state index contributed by atoms with van der Waals surface area (Å²) in [6.45, 7) is 5.48. The van der Waals surface area contributed by atoms with Crippen LogP contribution in [0.4, 0.5) is 4.39 Å². The standard InChI is InChI=1S/C26H28ClFN4O.C2H6/c1-31-26(27)23-14-18(7-9-25(23)30)21-8-4-17(3-2-10-32-11-12-33)13-22(21)19-5-6-20(16-29)24(28)15-19;1-2/h4-9,13-15,25,31-33H,2-3,10-12,30H2,1H3;1-2H3/b26-23-;. The van der Waals surface area contributed by atoms with Gasteiger partial charge in [0, 0.05) is 19.2 Å². The SMILES string of the molecule is CC.CN/C(Cl)=C1/C=C(c2ccc(CCCNCCO)cc2-c2ccc(C#N)c(F)c2)C=CC1N. The van der Waals surface area contributed by atoms with E-state index in [1.807, 2.05) is 44.2 Å².